The van der Waals surface area contributed by atoms with Crippen molar-refractivity contribution in [3.8, 4) is 0 Å². The van der Waals surface area contributed by atoms with Gasteiger partial charge in [-0.2, -0.15) is 0 Å². The normalized spacial score (nSPS) is 24.2. The lowest BCUT2D eigenvalue weighted by Crippen LogP contribution is -2.54. The van der Waals surface area contributed by atoms with Gasteiger partial charge in [-0.05, 0) is 58.1 Å². The summed E-state index contributed by atoms with van der Waals surface area (Å²) in [6.45, 7) is 8.19. The summed E-state index contributed by atoms with van der Waals surface area (Å²) < 4.78 is 0. The predicted molar refractivity (Wildman–Crippen MR) is 100 cm³/mol. The van der Waals surface area contributed by atoms with E-state index in [0.29, 0.717) is 12.1 Å². The zero-order valence-electron chi connectivity index (χ0n) is 15.7. The quantitative estimate of drug-likeness (QED) is 0.891. The number of carbonyl (C=O) groups is 1. The largest absolute Gasteiger partial charge is 0.339 e. The Balaban J connectivity index is 1.43. The Kier molecular flexibility index (Phi) is 6.43. The second-order valence-corrected chi connectivity index (χ2v) is 7.64. The first-order chi connectivity index (χ1) is 12.1. The molecule has 2 saturated heterocycles. The number of nitrogens with zero attached hydrogens (tertiary/aromatic N) is 3. The summed E-state index contributed by atoms with van der Waals surface area (Å²) in [5, 5.41) is 3.59. The van der Waals surface area contributed by atoms with Crippen LogP contribution in [0.5, 0.6) is 0 Å². The number of pyridine rings is 1. The van der Waals surface area contributed by atoms with Crippen molar-refractivity contribution in [1.82, 2.24) is 20.1 Å². The number of hydrogen-bond acceptors (Lipinski definition) is 4. The molecule has 1 amide bonds. The van der Waals surface area contributed by atoms with E-state index in [0.717, 1.165) is 57.6 Å². The summed E-state index contributed by atoms with van der Waals surface area (Å²) >= 11 is 0. The lowest BCUT2D eigenvalue weighted by atomic mass is 10.0. The van der Waals surface area contributed by atoms with Crippen molar-refractivity contribution >= 4 is 5.91 Å². The molecule has 1 aromatic heterocycles. The van der Waals surface area contributed by atoms with Crippen molar-refractivity contribution in [2.24, 2.45) is 0 Å². The molecule has 0 bridgehead atoms. The third kappa shape index (κ3) is 5.02. The number of likely N-dealkylation sites (tertiary alicyclic amines) is 2. The van der Waals surface area contributed by atoms with Crippen molar-refractivity contribution in [2.75, 3.05) is 19.6 Å². The highest BCUT2D eigenvalue weighted by Crippen LogP contribution is 2.18. The molecule has 2 atom stereocenters. The molecule has 0 spiro atoms. The average Bonchev–Trinajstić information content (AvgIpc) is 2.64. The van der Waals surface area contributed by atoms with Crippen LogP contribution in [0.25, 0.3) is 0 Å². The first-order valence-electron chi connectivity index (χ1n) is 9.82. The van der Waals surface area contributed by atoms with Crippen LogP contribution in [-0.2, 0) is 11.3 Å². The van der Waals surface area contributed by atoms with Crippen molar-refractivity contribution in [3.05, 3.63) is 30.1 Å². The van der Waals surface area contributed by atoms with E-state index in [2.05, 4.69) is 33.1 Å². The minimum absolute atomic E-state index is 0.0760. The highest BCUT2D eigenvalue weighted by Gasteiger charge is 2.29. The topological polar surface area (TPSA) is 48.5 Å². The number of aromatic nitrogens is 1. The third-order valence-corrected chi connectivity index (χ3v) is 5.64. The summed E-state index contributed by atoms with van der Waals surface area (Å²) in [7, 11) is 0. The van der Waals surface area contributed by atoms with Crippen LogP contribution < -0.4 is 5.32 Å². The standard InChI is InChI=1S/C20H32N4O/c1-16-7-4-6-12-24(16)20(25)17(2)22-18-9-13-23(14-10-18)15-19-8-3-5-11-21-19/h3,5,8,11,16-18,22H,4,6-7,9-10,12-15H2,1-2H3/t16-,17-/m1/s1. The molecule has 138 valence electrons. The van der Waals surface area contributed by atoms with Crippen LogP contribution in [0.1, 0.15) is 51.6 Å². The Morgan fingerprint density at radius 3 is 2.72 bits per heavy atom. The van der Waals surface area contributed by atoms with Gasteiger partial charge in [-0.1, -0.05) is 6.07 Å². The molecular formula is C20H32N4O. The molecule has 2 aliphatic heterocycles. The Labute approximate surface area is 151 Å². The Hall–Kier alpha value is -1.46. The fourth-order valence-electron chi connectivity index (χ4n) is 4.08. The van der Waals surface area contributed by atoms with Crippen LogP contribution in [0.3, 0.4) is 0 Å². The van der Waals surface area contributed by atoms with Gasteiger partial charge in [-0.15, -0.1) is 0 Å². The molecule has 0 radical (unpaired) electrons. The summed E-state index contributed by atoms with van der Waals surface area (Å²) in [6.07, 6.45) is 7.60. The van der Waals surface area contributed by atoms with Gasteiger partial charge in [0.25, 0.3) is 0 Å². The molecule has 1 aromatic rings. The van der Waals surface area contributed by atoms with E-state index in [9.17, 15) is 4.79 Å². The number of nitrogens with one attached hydrogen (secondary N) is 1. The van der Waals surface area contributed by atoms with E-state index in [-0.39, 0.29) is 11.9 Å². The van der Waals surface area contributed by atoms with E-state index >= 15 is 0 Å². The van der Waals surface area contributed by atoms with Crippen LogP contribution in [0.15, 0.2) is 24.4 Å². The van der Waals surface area contributed by atoms with Gasteiger partial charge in [0, 0.05) is 44.5 Å². The first kappa shape index (κ1) is 18.3. The fourth-order valence-corrected chi connectivity index (χ4v) is 4.08. The molecule has 1 N–H and O–H groups in total. The molecule has 5 nitrogen and oxygen atoms in total. The van der Waals surface area contributed by atoms with Crippen LogP contribution >= 0.6 is 0 Å². The van der Waals surface area contributed by atoms with Crippen molar-refractivity contribution in [1.29, 1.82) is 0 Å². The zero-order chi connectivity index (χ0) is 17.6. The fraction of sp³-hybridized carbons (Fsp3) is 0.700. The Morgan fingerprint density at radius 1 is 1.24 bits per heavy atom. The van der Waals surface area contributed by atoms with Crippen LogP contribution in [-0.4, -0.2) is 58.5 Å². The summed E-state index contributed by atoms with van der Waals surface area (Å²) in [5.41, 5.74) is 1.14. The molecule has 0 aromatic carbocycles. The minimum Gasteiger partial charge on any atom is -0.339 e. The summed E-state index contributed by atoms with van der Waals surface area (Å²) in [6, 6.07) is 6.86. The van der Waals surface area contributed by atoms with Crippen molar-refractivity contribution in [2.45, 2.75) is 70.6 Å². The van der Waals surface area contributed by atoms with Crippen molar-refractivity contribution < 1.29 is 4.79 Å². The van der Waals surface area contributed by atoms with Gasteiger partial charge in [0.05, 0.1) is 11.7 Å². The van der Waals surface area contributed by atoms with E-state index in [1.165, 1.54) is 6.42 Å². The molecular weight excluding hydrogens is 312 g/mol. The zero-order valence-corrected chi connectivity index (χ0v) is 15.7. The number of hydrogen-bond donors (Lipinski definition) is 1. The summed E-state index contributed by atoms with van der Waals surface area (Å²) in [5.74, 6) is 0.281. The lowest BCUT2D eigenvalue weighted by Gasteiger charge is -2.37. The van der Waals surface area contributed by atoms with Gasteiger partial charge in [0.2, 0.25) is 5.91 Å². The van der Waals surface area contributed by atoms with Crippen LogP contribution in [0.4, 0.5) is 0 Å². The highest BCUT2D eigenvalue weighted by molar-refractivity contribution is 5.81. The molecule has 2 aliphatic rings. The SMILES string of the molecule is C[C@@H]1CCCCN1C(=O)[C@@H](C)NC1CCN(Cc2ccccn2)CC1. The average molecular weight is 345 g/mol. The maximum absolute atomic E-state index is 12.7. The molecule has 25 heavy (non-hydrogen) atoms. The predicted octanol–water partition coefficient (Wildman–Crippen LogP) is 2.43. The molecule has 0 saturated carbocycles. The Bertz CT molecular complexity index is 542. The second kappa shape index (κ2) is 8.77. The molecule has 0 aliphatic carbocycles. The maximum Gasteiger partial charge on any atom is 0.239 e. The van der Waals surface area contributed by atoms with Gasteiger partial charge in [-0.3, -0.25) is 14.7 Å². The summed E-state index contributed by atoms with van der Waals surface area (Å²) in [4.78, 5) is 21.7. The molecule has 2 fully saturated rings. The molecule has 0 unspecified atom stereocenters. The van der Waals surface area contributed by atoms with E-state index < -0.39 is 0 Å². The second-order valence-electron chi connectivity index (χ2n) is 7.64. The van der Waals surface area contributed by atoms with E-state index in [4.69, 9.17) is 0 Å². The molecule has 5 heteroatoms. The van der Waals surface area contributed by atoms with Gasteiger partial charge < -0.3 is 10.2 Å². The van der Waals surface area contributed by atoms with E-state index in [1.807, 2.05) is 25.3 Å². The van der Waals surface area contributed by atoms with E-state index in [1.54, 1.807) is 0 Å². The van der Waals surface area contributed by atoms with Crippen molar-refractivity contribution in [3.63, 3.8) is 0 Å². The highest BCUT2D eigenvalue weighted by atomic mass is 16.2. The third-order valence-electron chi connectivity index (χ3n) is 5.64. The number of amides is 1. The van der Waals surface area contributed by atoms with Crippen LogP contribution in [0.2, 0.25) is 0 Å². The first-order valence-corrected chi connectivity index (χ1v) is 9.82. The molecule has 3 rings (SSSR count). The van der Waals surface area contributed by atoms with Crippen LogP contribution in [0, 0.1) is 0 Å². The van der Waals surface area contributed by atoms with Gasteiger partial charge in [0.15, 0.2) is 0 Å². The number of rotatable bonds is 5. The smallest absolute Gasteiger partial charge is 0.239 e. The maximum atomic E-state index is 12.7. The number of carbonyl (C=O) groups excluding carboxylic acids is 1. The minimum atomic E-state index is -0.0760. The number of piperidine rings is 2. The molecule has 3 heterocycles. The monoisotopic (exact) mass is 344 g/mol. The van der Waals surface area contributed by atoms with Gasteiger partial charge in [-0.25, -0.2) is 0 Å². The lowest BCUT2D eigenvalue weighted by molar-refractivity contribution is -0.136. The van der Waals surface area contributed by atoms with Gasteiger partial charge >= 0.3 is 0 Å². The van der Waals surface area contributed by atoms with Gasteiger partial charge in [0.1, 0.15) is 0 Å². The Morgan fingerprint density at radius 2 is 2.04 bits per heavy atom.